The smallest absolute Gasteiger partial charge is 0.307 e. The van der Waals surface area contributed by atoms with Gasteiger partial charge in [0.05, 0.1) is 15.7 Å². The molecule has 72 valence electrons. The van der Waals surface area contributed by atoms with Crippen molar-refractivity contribution < 1.29 is 4.79 Å². The predicted molar refractivity (Wildman–Crippen MR) is 56.0 cm³/mol. The Hall–Kier alpha value is -1.66. The second-order valence-electron chi connectivity index (χ2n) is 2.63. The molecular weight excluding hydrogens is 200 g/mol. The normalized spacial score (nSPS) is 10.1. The van der Waals surface area contributed by atoms with Crippen LogP contribution in [0.15, 0.2) is 23.7 Å². The van der Waals surface area contributed by atoms with Crippen LogP contribution in [0.25, 0.3) is 10.2 Å². The fraction of sp³-hybridized carbons (Fsp3) is 0. The summed E-state index contributed by atoms with van der Waals surface area (Å²) in [5.74, 6) is 4.94. The molecule has 0 aliphatic carbocycles. The van der Waals surface area contributed by atoms with Crippen molar-refractivity contribution in [2.24, 2.45) is 5.84 Å². The van der Waals surface area contributed by atoms with E-state index in [1.807, 2.05) is 17.6 Å². The molecule has 0 fully saturated rings. The molecule has 0 spiro atoms. The second kappa shape index (κ2) is 3.60. The molecule has 6 heteroatoms. The first kappa shape index (κ1) is 8.92. The summed E-state index contributed by atoms with van der Waals surface area (Å²) >= 11 is 1.52. The quantitative estimate of drug-likeness (QED) is 0.375. The third kappa shape index (κ3) is 1.66. The zero-order valence-corrected chi connectivity index (χ0v) is 7.97. The number of hydrogen-bond acceptors (Lipinski definition) is 4. The average molecular weight is 208 g/mol. The summed E-state index contributed by atoms with van der Waals surface area (Å²) in [6.45, 7) is 0. The summed E-state index contributed by atoms with van der Waals surface area (Å²) in [5.41, 5.74) is 5.38. The molecule has 2 aromatic rings. The number of urea groups is 1. The van der Waals surface area contributed by atoms with Crippen LogP contribution < -0.4 is 16.6 Å². The first-order valence-electron chi connectivity index (χ1n) is 3.90. The number of nitrogens with two attached hydrogens (primary N) is 1. The van der Waals surface area contributed by atoms with Crippen LogP contribution in [0.5, 0.6) is 0 Å². The van der Waals surface area contributed by atoms with Crippen LogP contribution >= 0.6 is 11.3 Å². The van der Waals surface area contributed by atoms with E-state index in [2.05, 4.69) is 10.3 Å². The van der Waals surface area contributed by atoms with Crippen molar-refractivity contribution in [1.82, 2.24) is 10.4 Å². The summed E-state index contributed by atoms with van der Waals surface area (Å²) in [7, 11) is 0. The van der Waals surface area contributed by atoms with Crippen molar-refractivity contribution in [2.75, 3.05) is 5.32 Å². The zero-order chi connectivity index (χ0) is 9.97. The van der Waals surface area contributed by atoms with Crippen molar-refractivity contribution in [3.8, 4) is 0 Å². The molecule has 0 radical (unpaired) electrons. The van der Waals surface area contributed by atoms with E-state index in [4.69, 9.17) is 5.84 Å². The Balaban J connectivity index is 2.30. The minimum absolute atomic E-state index is 0.436. The van der Waals surface area contributed by atoms with Gasteiger partial charge in [-0.3, -0.25) is 5.43 Å². The second-order valence-corrected chi connectivity index (χ2v) is 3.52. The van der Waals surface area contributed by atoms with E-state index in [9.17, 15) is 4.79 Å². The van der Waals surface area contributed by atoms with Gasteiger partial charge in [0, 0.05) is 5.69 Å². The number of benzene rings is 1. The molecule has 0 bridgehead atoms. The molecule has 4 N–H and O–H groups in total. The summed E-state index contributed by atoms with van der Waals surface area (Å²) in [4.78, 5) is 15.0. The van der Waals surface area contributed by atoms with Crippen molar-refractivity contribution in [3.63, 3.8) is 0 Å². The van der Waals surface area contributed by atoms with Crippen LogP contribution in [0.2, 0.25) is 0 Å². The van der Waals surface area contributed by atoms with Crippen LogP contribution in [-0.2, 0) is 0 Å². The Labute approximate surface area is 83.9 Å². The highest BCUT2D eigenvalue weighted by Gasteiger charge is 2.01. The summed E-state index contributed by atoms with van der Waals surface area (Å²) < 4.78 is 1.03. The predicted octanol–water partition coefficient (Wildman–Crippen LogP) is 1.29. The number of amides is 2. The number of carbonyl (C=O) groups excluding carboxylic acids is 1. The molecule has 14 heavy (non-hydrogen) atoms. The highest BCUT2D eigenvalue weighted by Crippen LogP contribution is 2.21. The maximum Gasteiger partial charge on any atom is 0.333 e. The topological polar surface area (TPSA) is 80.0 Å². The average Bonchev–Trinajstić information content (AvgIpc) is 2.64. The van der Waals surface area contributed by atoms with E-state index in [0.717, 1.165) is 10.2 Å². The molecule has 5 nitrogen and oxygen atoms in total. The molecule has 0 aliphatic rings. The Morgan fingerprint density at radius 2 is 2.36 bits per heavy atom. The van der Waals surface area contributed by atoms with Crippen molar-refractivity contribution in [3.05, 3.63) is 23.7 Å². The van der Waals surface area contributed by atoms with Gasteiger partial charge < -0.3 is 5.32 Å². The van der Waals surface area contributed by atoms with Gasteiger partial charge in [0.2, 0.25) is 0 Å². The number of carbonyl (C=O) groups is 1. The zero-order valence-electron chi connectivity index (χ0n) is 7.15. The van der Waals surface area contributed by atoms with Crippen LogP contribution in [0.4, 0.5) is 10.5 Å². The lowest BCUT2D eigenvalue weighted by molar-refractivity contribution is 0.252. The van der Waals surface area contributed by atoms with Gasteiger partial charge in [-0.1, -0.05) is 0 Å². The van der Waals surface area contributed by atoms with E-state index in [0.29, 0.717) is 5.69 Å². The minimum atomic E-state index is -0.436. The van der Waals surface area contributed by atoms with Gasteiger partial charge >= 0.3 is 6.03 Å². The van der Waals surface area contributed by atoms with Crippen LogP contribution in [0.1, 0.15) is 0 Å². The molecule has 2 amide bonds. The molecule has 0 saturated heterocycles. The molecule has 1 aromatic heterocycles. The fourth-order valence-electron chi connectivity index (χ4n) is 1.10. The molecule has 0 aliphatic heterocycles. The van der Waals surface area contributed by atoms with Crippen molar-refractivity contribution in [1.29, 1.82) is 0 Å². The van der Waals surface area contributed by atoms with Crippen molar-refractivity contribution in [2.45, 2.75) is 0 Å². The molecule has 1 heterocycles. The Morgan fingerprint density at radius 1 is 1.50 bits per heavy atom. The van der Waals surface area contributed by atoms with Gasteiger partial charge in [-0.25, -0.2) is 15.6 Å². The third-order valence-corrected chi connectivity index (χ3v) is 2.51. The maximum absolute atomic E-state index is 10.9. The van der Waals surface area contributed by atoms with Crippen LogP contribution in [0.3, 0.4) is 0 Å². The molecule has 0 saturated carbocycles. The SMILES string of the molecule is NNC(=O)Nc1ccc2ncsc2c1. The number of nitrogens with zero attached hydrogens (tertiary/aromatic N) is 1. The van der Waals surface area contributed by atoms with Gasteiger partial charge in [0.25, 0.3) is 0 Å². The maximum atomic E-state index is 10.9. The van der Waals surface area contributed by atoms with Crippen molar-refractivity contribution >= 4 is 33.3 Å². The van der Waals surface area contributed by atoms with E-state index in [1.165, 1.54) is 11.3 Å². The number of hydrazine groups is 1. The minimum Gasteiger partial charge on any atom is -0.307 e. The first-order valence-corrected chi connectivity index (χ1v) is 4.78. The number of anilines is 1. The Bertz CT molecular complexity index is 467. The highest BCUT2D eigenvalue weighted by atomic mass is 32.1. The van der Waals surface area contributed by atoms with Gasteiger partial charge in [-0.15, -0.1) is 11.3 Å². The molecule has 1 aromatic carbocycles. The lowest BCUT2D eigenvalue weighted by atomic mass is 10.3. The molecule has 0 unspecified atom stereocenters. The Morgan fingerprint density at radius 3 is 3.14 bits per heavy atom. The van der Waals surface area contributed by atoms with Gasteiger partial charge in [-0.05, 0) is 18.2 Å². The van der Waals surface area contributed by atoms with E-state index >= 15 is 0 Å². The monoisotopic (exact) mass is 208 g/mol. The number of fused-ring (bicyclic) bond motifs is 1. The number of rotatable bonds is 1. The number of thiazole rings is 1. The lowest BCUT2D eigenvalue weighted by Gasteiger charge is -2.02. The fourth-order valence-corrected chi connectivity index (χ4v) is 1.82. The Kier molecular flexibility index (Phi) is 2.30. The summed E-state index contributed by atoms with van der Waals surface area (Å²) in [6, 6.07) is 5.03. The largest absolute Gasteiger partial charge is 0.333 e. The van der Waals surface area contributed by atoms with Gasteiger partial charge in [0.15, 0.2) is 0 Å². The van der Waals surface area contributed by atoms with Crippen LogP contribution in [-0.4, -0.2) is 11.0 Å². The van der Waals surface area contributed by atoms with E-state index in [-0.39, 0.29) is 0 Å². The van der Waals surface area contributed by atoms with Gasteiger partial charge in [0.1, 0.15) is 0 Å². The third-order valence-electron chi connectivity index (χ3n) is 1.72. The van der Waals surface area contributed by atoms with E-state index in [1.54, 1.807) is 11.6 Å². The summed E-state index contributed by atoms with van der Waals surface area (Å²) in [5, 5.41) is 2.58. The molecule has 0 atom stereocenters. The lowest BCUT2D eigenvalue weighted by Crippen LogP contribution is -2.34. The number of aromatic nitrogens is 1. The number of hydrogen-bond donors (Lipinski definition) is 3. The van der Waals surface area contributed by atoms with Gasteiger partial charge in [-0.2, -0.15) is 0 Å². The molecule has 2 rings (SSSR count). The van der Waals surface area contributed by atoms with E-state index < -0.39 is 6.03 Å². The molecular formula is C8H8N4OS. The van der Waals surface area contributed by atoms with Crippen LogP contribution in [0, 0.1) is 0 Å². The standard InChI is InChI=1S/C8H8N4OS/c9-12-8(13)11-5-1-2-6-7(3-5)14-4-10-6/h1-4H,9H2,(H2,11,12,13). The summed E-state index contributed by atoms with van der Waals surface area (Å²) in [6.07, 6.45) is 0. The number of nitrogens with one attached hydrogen (secondary N) is 2. The highest BCUT2D eigenvalue weighted by molar-refractivity contribution is 7.16. The first-order chi connectivity index (χ1) is 6.79.